The molecule has 0 bridgehead atoms. The summed E-state index contributed by atoms with van der Waals surface area (Å²) in [4.78, 5) is 24.1. The topological polar surface area (TPSA) is 52.2 Å². The van der Waals surface area contributed by atoms with Gasteiger partial charge in [-0.2, -0.15) is 0 Å². The van der Waals surface area contributed by atoms with Crippen LogP contribution in [0, 0.1) is 0 Å². The third-order valence-electron chi connectivity index (χ3n) is 3.93. The van der Waals surface area contributed by atoms with Gasteiger partial charge in [-0.1, -0.05) is 67.6 Å². The number of carbonyl (C=O) groups excluding carboxylic acids is 1. The molecule has 0 fully saturated rings. The number of nitrogens with zero attached hydrogens (tertiary/aromatic N) is 1. The van der Waals surface area contributed by atoms with E-state index in [2.05, 4.69) is 0 Å². The van der Waals surface area contributed by atoms with Gasteiger partial charge in [0, 0.05) is 12.0 Å². The Labute approximate surface area is 146 Å². The number of aromatic nitrogens is 1. The minimum absolute atomic E-state index is 0.000998. The summed E-state index contributed by atoms with van der Waals surface area (Å²) in [5.41, 5.74) is 2.39. The molecular weight excluding hydrogens is 314 g/mol. The van der Waals surface area contributed by atoms with Crippen molar-refractivity contribution in [3.8, 4) is 11.3 Å². The molecule has 3 aromatic rings. The highest BCUT2D eigenvalue weighted by Gasteiger charge is 2.16. The number of ketones is 1. The molecular formula is C21H19NO3. The maximum Gasteiger partial charge on any atom is 0.420 e. The lowest BCUT2D eigenvalue weighted by atomic mass is 10.1. The molecule has 4 heteroatoms. The SMILES string of the molecule is CCC(=O)/C=C/c1c(-c2ccccc2)oc(=O)n1Cc1ccccc1. The predicted molar refractivity (Wildman–Crippen MR) is 98.3 cm³/mol. The number of carbonyl (C=O) groups is 1. The number of oxazole rings is 1. The van der Waals surface area contributed by atoms with Gasteiger partial charge in [-0.3, -0.25) is 9.36 Å². The van der Waals surface area contributed by atoms with Crippen molar-refractivity contribution < 1.29 is 9.21 Å². The van der Waals surface area contributed by atoms with Crippen molar-refractivity contribution in [3.63, 3.8) is 0 Å². The van der Waals surface area contributed by atoms with Crippen LogP contribution in [0.15, 0.2) is 76.0 Å². The van der Waals surface area contributed by atoms with Crippen LogP contribution in [0.2, 0.25) is 0 Å². The first-order chi connectivity index (χ1) is 12.2. The summed E-state index contributed by atoms with van der Waals surface area (Å²) in [7, 11) is 0. The van der Waals surface area contributed by atoms with Crippen molar-refractivity contribution in [3.05, 3.63) is 88.5 Å². The number of hydrogen-bond acceptors (Lipinski definition) is 3. The third kappa shape index (κ3) is 3.86. The van der Waals surface area contributed by atoms with Crippen LogP contribution in [0.5, 0.6) is 0 Å². The zero-order chi connectivity index (χ0) is 17.6. The highest BCUT2D eigenvalue weighted by atomic mass is 16.4. The maximum atomic E-state index is 12.4. The zero-order valence-corrected chi connectivity index (χ0v) is 14.0. The average Bonchev–Trinajstić information content (AvgIpc) is 2.97. The normalized spacial score (nSPS) is 11.1. The van der Waals surface area contributed by atoms with Crippen molar-refractivity contribution in [2.45, 2.75) is 19.9 Å². The molecule has 4 nitrogen and oxygen atoms in total. The Morgan fingerprint density at radius 3 is 2.32 bits per heavy atom. The van der Waals surface area contributed by atoms with Gasteiger partial charge in [0.15, 0.2) is 11.5 Å². The Hall–Kier alpha value is -3.14. The van der Waals surface area contributed by atoms with E-state index < -0.39 is 5.76 Å². The van der Waals surface area contributed by atoms with Crippen LogP contribution in [0.25, 0.3) is 17.4 Å². The van der Waals surface area contributed by atoms with Gasteiger partial charge >= 0.3 is 5.76 Å². The number of allylic oxidation sites excluding steroid dienone is 1. The predicted octanol–water partition coefficient (Wildman–Crippen LogP) is 4.15. The Morgan fingerprint density at radius 2 is 1.68 bits per heavy atom. The molecule has 0 aliphatic heterocycles. The van der Waals surface area contributed by atoms with E-state index in [-0.39, 0.29) is 5.78 Å². The molecule has 0 aliphatic rings. The fourth-order valence-electron chi connectivity index (χ4n) is 2.58. The molecule has 2 aromatic carbocycles. The molecule has 25 heavy (non-hydrogen) atoms. The second kappa shape index (κ2) is 7.62. The third-order valence-corrected chi connectivity index (χ3v) is 3.93. The highest BCUT2D eigenvalue weighted by molar-refractivity contribution is 5.93. The van der Waals surface area contributed by atoms with Gasteiger partial charge in [0.25, 0.3) is 0 Å². The van der Waals surface area contributed by atoms with Gasteiger partial charge in [0.2, 0.25) is 0 Å². The van der Waals surface area contributed by atoms with Crippen LogP contribution in [0.1, 0.15) is 24.6 Å². The summed E-state index contributed by atoms with van der Waals surface area (Å²) in [5, 5.41) is 0. The van der Waals surface area contributed by atoms with E-state index in [9.17, 15) is 9.59 Å². The molecule has 0 spiro atoms. The van der Waals surface area contributed by atoms with Gasteiger partial charge in [0.1, 0.15) is 0 Å². The number of benzene rings is 2. The molecule has 1 aromatic heterocycles. The number of hydrogen-bond donors (Lipinski definition) is 0. The Kier molecular flexibility index (Phi) is 5.09. The standard InChI is InChI=1S/C21H19NO3/c1-2-18(23)13-14-19-20(17-11-7-4-8-12-17)25-21(24)22(19)15-16-9-5-3-6-10-16/h3-14H,2,15H2,1H3/b14-13+. The minimum atomic E-state index is -0.439. The lowest BCUT2D eigenvalue weighted by Gasteiger charge is -2.05. The van der Waals surface area contributed by atoms with E-state index in [4.69, 9.17) is 4.42 Å². The molecule has 1 heterocycles. The molecule has 0 N–H and O–H groups in total. The first-order valence-electron chi connectivity index (χ1n) is 8.23. The van der Waals surface area contributed by atoms with Crippen LogP contribution < -0.4 is 5.76 Å². The molecule has 0 unspecified atom stereocenters. The quantitative estimate of drug-likeness (QED) is 0.637. The van der Waals surface area contributed by atoms with Gasteiger partial charge < -0.3 is 4.42 Å². The lowest BCUT2D eigenvalue weighted by molar-refractivity contribution is -0.114. The van der Waals surface area contributed by atoms with Crippen LogP contribution in [0.3, 0.4) is 0 Å². The van der Waals surface area contributed by atoms with Crippen molar-refractivity contribution in [1.82, 2.24) is 4.57 Å². The first kappa shape index (κ1) is 16.7. The monoisotopic (exact) mass is 333 g/mol. The van der Waals surface area contributed by atoms with Crippen LogP contribution in [0.4, 0.5) is 0 Å². The highest BCUT2D eigenvalue weighted by Crippen LogP contribution is 2.24. The smallest absolute Gasteiger partial charge is 0.407 e. The summed E-state index contributed by atoms with van der Waals surface area (Å²) in [5.74, 6) is 0.0342. The molecule has 126 valence electrons. The van der Waals surface area contributed by atoms with E-state index in [1.807, 2.05) is 60.7 Å². The summed E-state index contributed by atoms with van der Waals surface area (Å²) >= 11 is 0. The van der Waals surface area contributed by atoms with Crippen molar-refractivity contribution >= 4 is 11.9 Å². The van der Waals surface area contributed by atoms with E-state index in [0.717, 1.165) is 11.1 Å². The van der Waals surface area contributed by atoms with Crippen molar-refractivity contribution in [1.29, 1.82) is 0 Å². The molecule has 0 amide bonds. The van der Waals surface area contributed by atoms with E-state index >= 15 is 0 Å². The minimum Gasteiger partial charge on any atom is -0.407 e. The summed E-state index contributed by atoms with van der Waals surface area (Å²) in [6.45, 7) is 2.19. The van der Waals surface area contributed by atoms with Gasteiger partial charge in [-0.15, -0.1) is 0 Å². The van der Waals surface area contributed by atoms with Crippen molar-refractivity contribution in [2.24, 2.45) is 0 Å². The van der Waals surface area contributed by atoms with Gasteiger partial charge in [-0.05, 0) is 17.7 Å². The summed E-state index contributed by atoms with van der Waals surface area (Å²) < 4.78 is 7.07. The van der Waals surface area contributed by atoms with Crippen LogP contribution in [-0.2, 0) is 11.3 Å². The van der Waals surface area contributed by atoms with Crippen LogP contribution in [-0.4, -0.2) is 10.4 Å². The first-order valence-corrected chi connectivity index (χ1v) is 8.23. The van der Waals surface area contributed by atoms with E-state index in [1.54, 1.807) is 17.6 Å². The molecule has 0 atom stereocenters. The maximum absolute atomic E-state index is 12.4. The molecule has 0 aliphatic carbocycles. The largest absolute Gasteiger partial charge is 0.420 e. The summed E-state index contributed by atoms with van der Waals surface area (Å²) in [6, 6.07) is 19.1. The number of rotatable bonds is 6. The van der Waals surface area contributed by atoms with Crippen molar-refractivity contribution in [2.75, 3.05) is 0 Å². The van der Waals surface area contributed by atoms with Crippen LogP contribution >= 0.6 is 0 Å². The fraction of sp³-hybridized carbons (Fsp3) is 0.143. The van der Waals surface area contributed by atoms with Gasteiger partial charge in [0.05, 0.1) is 12.2 Å². The molecule has 0 saturated carbocycles. The van der Waals surface area contributed by atoms with E-state index in [0.29, 0.717) is 24.4 Å². The fourth-order valence-corrected chi connectivity index (χ4v) is 2.58. The Morgan fingerprint density at radius 1 is 1.04 bits per heavy atom. The summed E-state index contributed by atoms with van der Waals surface area (Å²) in [6.07, 6.45) is 3.58. The molecule has 3 rings (SSSR count). The lowest BCUT2D eigenvalue weighted by Crippen LogP contribution is -2.16. The average molecular weight is 333 g/mol. The Bertz CT molecular complexity index is 934. The Balaban J connectivity index is 2.10. The van der Waals surface area contributed by atoms with E-state index in [1.165, 1.54) is 6.08 Å². The molecule has 0 radical (unpaired) electrons. The second-order valence-electron chi connectivity index (χ2n) is 5.67. The zero-order valence-electron chi connectivity index (χ0n) is 14.0. The van der Waals surface area contributed by atoms with Gasteiger partial charge in [-0.25, -0.2) is 4.79 Å². The molecule has 0 saturated heterocycles. The second-order valence-corrected chi connectivity index (χ2v) is 5.67.